The van der Waals surface area contributed by atoms with Gasteiger partial charge in [-0.05, 0) is 19.8 Å². The Balaban J connectivity index is 2.54. The van der Waals surface area contributed by atoms with E-state index >= 15 is 0 Å². The molecular weight excluding hydrogens is 164 g/mol. The van der Waals surface area contributed by atoms with E-state index in [0.29, 0.717) is 6.61 Å². The Morgan fingerprint density at radius 3 is 2.85 bits per heavy atom. The van der Waals surface area contributed by atoms with Gasteiger partial charge in [0.15, 0.2) is 0 Å². The fourth-order valence-electron chi connectivity index (χ4n) is 1.86. The van der Waals surface area contributed by atoms with E-state index < -0.39 is 0 Å². The van der Waals surface area contributed by atoms with Gasteiger partial charge in [0.25, 0.3) is 0 Å². The van der Waals surface area contributed by atoms with Crippen LogP contribution in [0.4, 0.5) is 0 Å². The van der Waals surface area contributed by atoms with E-state index in [2.05, 4.69) is 5.92 Å². The minimum absolute atomic E-state index is 0.0429. The van der Waals surface area contributed by atoms with Gasteiger partial charge in [-0.3, -0.25) is 4.79 Å². The molecule has 13 heavy (non-hydrogen) atoms. The molecule has 1 aliphatic carbocycles. The highest BCUT2D eigenvalue weighted by Crippen LogP contribution is 2.30. The number of esters is 1. The molecule has 0 amide bonds. The number of rotatable bonds is 2. The van der Waals surface area contributed by atoms with Crippen LogP contribution < -0.4 is 0 Å². The molecule has 1 rings (SSSR count). The van der Waals surface area contributed by atoms with Crippen LogP contribution in [0, 0.1) is 24.2 Å². The maximum atomic E-state index is 11.4. The van der Waals surface area contributed by atoms with Gasteiger partial charge in [-0.1, -0.05) is 12.8 Å². The molecule has 1 aliphatic rings. The molecule has 0 aromatic carbocycles. The molecule has 2 atom stereocenters. The highest BCUT2D eigenvalue weighted by molar-refractivity contribution is 5.73. The topological polar surface area (TPSA) is 26.3 Å². The van der Waals surface area contributed by atoms with Crippen molar-refractivity contribution in [1.29, 1.82) is 0 Å². The lowest BCUT2D eigenvalue weighted by molar-refractivity contribution is -0.150. The second-order valence-electron chi connectivity index (χ2n) is 3.42. The largest absolute Gasteiger partial charge is 0.466 e. The first-order valence-corrected chi connectivity index (χ1v) is 4.92. The summed E-state index contributed by atoms with van der Waals surface area (Å²) in [5, 5.41) is 0. The molecular formula is C11H16O2. The monoisotopic (exact) mass is 180 g/mol. The molecule has 2 nitrogen and oxygen atoms in total. The second kappa shape index (κ2) is 4.91. The van der Waals surface area contributed by atoms with Gasteiger partial charge in [0.2, 0.25) is 0 Å². The Bertz CT molecular complexity index is 215. The first-order chi connectivity index (χ1) is 6.29. The summed E-state index contributed by atoms with van der Waals surface area (Å²) in [6.07, 6.45) is 9.48. The first kappa shape index (κ1) is 10.1. The van der Waals surface area contributed by atoms with Crippen LogP contribution in [0.3, 0.4) is 0 Å². The van der Waals surface area contributed by atoms with Gasteiger partial charge in [0.05, 0.1) is 12.5 Å². The summed E-state index contributed by atoms with van der Waals surface area (Å²) < 4.78 is 4.98. The minimum atomic E-state index is -0.106. The molecule has 0 spiro atoms. The lowest BCUT2D eigenvalue weighted by Crippen LogP contribution is -2.27. The van der Waals surface area contributed by atoms with Crippen LogP contribution in [0.15, 0.2) is 0 Å². The van der Waals surface area contributed by atoms with Gasteiger partial charge in [0, 0.05) is 5.92 Å². The van der Waals surface area contributed by atoms with Crippen molar-refractivity contribution in [1.82, 2.24) is 0 Å². The molecule has 2 unspecified atom stereocenters. The van der Waals surface area contributed by atoms with Gasteiger partial charge >= 0.3 is 5.97 Å². The fraction of sp³-hybridized carbons (Fsp3) is 0.727. The summed E-state index contributed by atoms with van der Waals surface area (Å²) in [7, 11) is 0. The molecule has 0 aromatic heterocycles. The molecule has 0 N–H and O–H groups in total. The first-order valence-electron chi connectivity index (χ1n) is 4.92. The maximum Gasteiger partial charge on any atom is 0.310 e. The van der Waals surface area contributed by atoms with Crippen LogP contribution in [0.1, 0.15) is 32.6 Å². The van der Waals surface area contributed by atoms with Crippen LogP contribution in [-0.4, -0.2) is 12.6 Å². The summed E-state index contributed by atoms with van der Waals surface area (Å²) in [4.78, 5) is 11.4. The molecule has 2 heteroatoms. The summed E-state index contributed by atoms with van der Waals surface area (Å²) in [5.74, 6) is 2.65. The number of hydrogen-bond donors (Lipinski definition) is 0. The van der Waals surface area contributed by atoms with E-state index in [1.54, 1.807) is 0 Å². The molecule has 0 bridgehead atoms. The number of hydrogen-bond acceptors (Lipinski definition) is 2. The summed E-state index contributed by atoms with van der Waals surface area (Å²) >= 11 is 0. The molecule has 0 aliphatic heterocycles. The Morgan fingerprint density at radius 2 is 2.23 bits per heavy atom. The quantitative estimate of drug-likeness (QED) is 0.480. The van der Waals surface area contributed by atoms with Crippen molar-refractivity contribution in [2.45, 2.75) is 32.6 Å². The Kier molecular flexibility index (Phi) is 3.82. The predicted octanol–water partition coefficient (Wildman–Crippen LogP) is 1.99. The SMILES string of the molecule is C#CC1CCCCC1C(=O)OCC. The van der Waals surface area contributed by atoms with Crippen LogP contribution in [-0.2, 0) is 9.53 Å². The molecule has 1 fully saturated rings. The second-order valence-corrected chi connectivity index (χ2v) is 3.42. The van der Waals surface area contributed by atoms with Gasteiger partial charge in [-0.25, -0.2) is 0 Å². The van der Waals surface area contributed by atoms with Crippen molar-refractivity contribution < 1.29 is 9.53 Å². The number of carbonyl (C=O) groups excluding carboxylic acids is 1. The average molecular weight is 180 g/mol. The summed E-state index contributed by atoms with van der Waals surface area (Å²) in [6.45, 7) is 2.28. The molecule has 0 radical (unpaired) electrons. The van der Waals surface area contributed by atoms with Crippen LogP contribution in [0.2, 0.25) is 0 Å². The van der Waals surface area contributed by atoms with Crippen molar-refractivity contribution >= 4 is 5.97 Å². The Hall–Kier alpha value is -0.970. The predicted molar refractivity (Wildman–Crippen MR) is 50.9 cm³/mol. The van der Waals surface area contributed by atoms with Crippen molar-refractivity contribution in [2.24, 2.45) is 11.8 Å². The van der Waals surface area contributed by atoms with Crippen LogP contribution in [0.25, 0.3) is 0 Å². The van der Waals surface area contributed by atoms with Crippen molar-refractivity contribution in [2.75, 3.05) is 6.61 Å². The van der Waals surface area contributed by atoms with Gasteiger partial charge in [0.1, 0.15) is 0 Å². The Morgan fingerprint density at radius 1 is 1.54 bits per heavy atom. The molecule has 72 valence electrons. The van der Waals surface area contributed by atoms with E-state index in [-0.39, 0.29) is 17.8 Å². The van der Waals surface area contributed by atoms with E-state index in [1.807, 2.05) is 6.92 Å². The van der Waals surface area contributed by atoms with E-state index in [0.717, 1.165) is 25.7 Å². The standard InChI is InChI=1S/C11H16O2/c1-3-9-7-5-6-8-10(9)11(12)13-4-2/h1,9-10H,4-8H2,2H3. The molecule has 0 heterocycles. The average Bonchev–Trinajstić information content (AvgIpc) is 2.18. The van der Waals surface area contributed by atoms with E-state index in [1.165, 1.54) is 0 Å². The zero-order valence-electron chi connectivity index (χ0n) is 8.08. The smallest absolute Gasteiger partial charge is 0.310 e. The zero-order chi connectivity index (χ0) is 9.68. The van der Waals surface area contributed by atoms with Gasteiger partial charge in [-0.15, -0.1) is 12.3 Å². The van der Waals surface area contributed by atoms with Crippen molar-refractivity contribution in [3.8, 4) is 12.3 Å². The third kappa shape index (κ3) is 2.48. The lowest BCUT2D eigenvalue weighted by Gasteiger charge is -2.25. The van der Waals surface area contributed by atoms with Gasteiger partial charge in [-0.2, -0.15) is 0 Å². The van der Waals surface area contributed by atoms with Crippen LogP contribution >= 0.6 is 0 Å². The Labute approximate surface area is 79.7 Å². The lowest BCUT2D eigenvalue weighted by atomic mass is 9.80. The highest BCUT2D eigenvalue weighted by atomic mass is 16.5. The van der Waals surface area contributed by atoms with Crippen molar-refractivity contribution in [3.05, 3.63) is 0 Å². The highest BCUT2D eigenvalue weighted by Gasteiger charge is 2.30. The number of terminal acetylenes is 1. The molecule has 0 aromatic rings. The van der Waals surface area contributed by atoms with Crippen LogP contribution in [0.5, 0.6) is 0 Å². The van der Waals surface area contributed by atoms with E-state index in [9.17, 15) is 4.79 Å². The molecule has 0 saturated heterocycles. The fourth-order valence-corrected chi connectivity index (χ4v) is 1.86. The maximum absolute atomic E-state index is 11.4. The summed E-state index contributed by atoms with van der Waals surface area (Å²) in [6, 6.07) is 0. The van der Waals surface area contributed by atoms with Crippen molar-refractivity contribution in [3.63, 3.8) is 0 Å². The normalized spacial score (nSPS) is 27.7. The minimum Gasteiger partial charge on any atom is -0.466 e. The number of ether oxygens (including phenoxy) is 1. The summed E-state index contributed by atoms with van der Waals surface area (Å²) in [5.41, 5.74) is 0. The zero-order valence-corrected chi connectivity index (χ0v) is 8.08. The molecule has 1 saturated carbocycles. The van der Waals surface area contributed by atoms with E-state index in [4.69, 9.17) is 11.2 Å². The third-order valence-corrected chi connectivity index (χ3v) is 2.57. The number of carbonyl (C=O) groups is 1. The third-order valence-electron chi connectivity index (χ3n) is 2.57. The van der Waals surface area contributed by atoms with Gasteiger partial charge < -0.3 is 4.74 Å².